The molecule has 6 heteroatoms. The van der Waals surface area contributed by atoms with Crippen LogP contribution in [-0.4, -0.2) is 47.1 Å². The number of rotatable bonds is 4. The zero-order valence-corrected chi connectivity index (χ0v) is 14.6. The molecule has 0 radical (unpaired) electrons. The van der Waals surface area contributed by atoms with Gasteiger partial charge in [-0.25, -0.2) is 0 Å². The van der Waals surface area contributed by atoms with Gasteiger partial charge in [-0.05, 0) is 49.9 Å². The van der Waals surface area contributed by atoms with E-state index < -0.39 is 0 Å². The summed E-state index contributed by atoms with van der Waals surface area (Å²) < 4.78 is 6.02. The minimum absolute atomic E-state index is 0.0610. The van der Waals surface area contributed by atoms with E-state index in [1.54, 1.807) is 11.1 Å². The third-order valence-corrected chi connectivity index (χ3v) is 5.27. The van der Waals surface area contributed by atoms with Crippen LogP contribution in [-0.2, 0) is 4.79 Å². The molecule has 26 heavy (non-hydrogen) atoms. The van der Waals surface area contributed by atoms with Crippen LogP contribution in [0.15, 0.2) is 36.5 Å². The molecule has 1 N–H and O–H groups in total. The average molecular weight is 350 g/mol. The van der Waals surface area contributed by atoms with Crippen molar-refractivity contribution in [2.45, 2.75) is 43.8 Å². The van der Waals surface area contributed by atoms with Crippen LogP contribution in [0.3, 0.4) is 0 Å². The predicted octanol–water partition coefficient (Wildman–Crippen LogP) is 2.25. The molecule has 1 unspecified atom stereocenters. The lowest BCUT2D eigenvalue weighted by Gasteiger charge is -2.24. The highest BCUT2D eigenvalue weighted by Gasteiger charge is 2.36. The van der Waals surface area contributed by atoms with Crippen LogP contribution in [0.1, 0.15) is 25.7 Å². The number of nitrogens with zero attached hydrogens (tertiary/aromatic N) is 3. The molecule has 3 heterocycles. The number of carbonyl (C=O) groups is 1. The Balaban J connectivity index is 1.36. The first kappa shape index (κ1) is 16.8. The van der Waals surface area contributed by atoms with Gasteiger partial charge in [0.1, 0.15) is 18.4 Å². The monoisotopic (exact) mass is 350 g/mol. The van der Waals surface area contributed by atoms with Gasteiger partial charge in [0.15, 0.2) is 0 Å². The van der Waals surface area contributed by atoms with Crippen LogP contribution >= 0.6 is 0 Å². The summed E-state index contributed by atoms with van der Waals surface area (Å²) in [5.74, 6) is 0.877. The molecule has 0 aliphatic carbocycles. The van der Waals surface area contributed by atoms with Crippen LogP contribution < -0.4 is 10.1 Å². The van der Waals surface area contributed by atoms with Gasteiger partial charge >= 0.3 is 0 Å². The third kappa shape index (κ3) is 3.23. The predicted molar refractivity (Wildman–Crippen MR) is 97.5 cm³/mol. The maximum absolute atomic E-state index is 12.7. The standard InChI is InChI=1S/C20H22N4O2/c21-12-15-4-3-11-24(15)20(25)18-9-8-14(23-18)13-26-19-7-1-6-17-16(19)5-2-10-22-17/h1-2,5-7,10,14-15,18,23H,3-4,8-9,11,13H2/t14-,15?,18+/m1/s1. The summed E-state index contributed by atoms with van der Waals surface area (Å²) in [6.07, 6.45) is 5.16. The lowest BCUT2D eigenvalue weighted by Crippen LogP contribution is -2.47. The molecule has 1 aromatic heterocycles. The highest BCUT2D eigenvalue weighted by atomic mass is 16.5. The van der Waals surface area contributed by atoms with Crippen molar-refractivity contribution in [3.63, 3.8) is 0 Å². The van der Waals surface area contributed by atoms with Crippen molar-refractivity contribution in [3.05, 3.63) is 36.5 Å². The van der Waals surface area contributed by atoms with Crippen LogP contribution in [0.25, 0.3) is 10.9 Å². The number of likely N-dealkylation sites (tertiary alicyclic amines) is 1. The summed E-state index contributed by atoms with van der Waals surface area (Å²) in [6, 6.07) is 11.7. The van der Waals surface area contributed by atoms with Crippen molar-refractivity contribution in [1.82, 2.24) is 15.2 Å². The zero-order chi connectivity index (χ0) is 17.9. The van der Waals surface area contributed by atoms with Gasteiger partial charge in [-0.3, -0.25) is 15.1 Å². The van der Waals surface area contributed by atoms with E-state index in [2.05, 4.69) is 16.4 Å². The molecule has 0 bridgehead atoms. The van der Waals surface area contributed by atoms with Crippen molar-refractivity contribution < 1.29 is 9.53 Å². The van der Waals surface area contributed by atoms with E-state index in [-0.39, 0.29) is 24.0 Å². The van der Waals surface area contributed by atoms with Crippen LogP contribution in [0.2, 0.25) is 0 Å². The number of aromatic nitrogens is 1. The molecule has 2 saturated heterocycles. The SMILES string of the molecule is N#CC1CCCN1C(=O)[C@@H]1CC[C@H](COc2cccc3ncccc23)N1. The number of ether oxygens (including phenoxy) is 1. The fourth-order valence-corrected chi connectivity index (χ4v) is 3.90. The van der Waals surface area contributed by atoms with Gasteiger partial charge in [0.25, 0.3) is 0 Å². The van der Waals surface area contributed by atoms with E-state index in [1.165, 1.54) is 0 Å². The summed E-state index contributed by atoms with van der Waals surface area (Å²) in [6.45, 7) is 1.21. The molecule has 3 atom stereocenters. The normalized spacial score (nSPS) is 25.3. The number of pyridine rings is 1. The lowest BCUT2D eigenvalue weighted by atomic mass is 10.1. The minimum atomic E-state index is -0.261. The van der Waals surface area contributed by atoms with Gasteiger partial charge < -0.3 is 9.64 Å². The van der Waals surface area contributed by atoms with Crippen LogP contribution in [0.4, 0.5) is 0 Å². The third-order valence-electron chi connectivity index (χ3n) is 5.27. The first-order valence-corrected chi connectivity index (χ1v) is 9.19. The van der Waals surface area contributed by atoms with Gasteiger partial charge in [-0.1, -0.05) is 6.07 Å². The summed E-state index contributed by atoms with van der Waals surface area (Å²) in [7, 11) is 0. The summed E-state index contributed by atoms with van der Waals surface area (Å²) in [5.41, 5.74) is 0.911. The number of hydrogen-bond acceptors (Lipinski definition) is 5. The quantitative estimate of drug-likeness (QED) is 0.915. The summed E-state index contributed by atoms with van der Waals surface area (Å²) >= 11 is 0. The number of amides is 1. The Morgan fingerprint density at radius 1 is 1.31 bits per heavy atom. The smallest absolute Gasteiger partial charge is 0.240 e. The summed E-state index contributed by atoms with van der Waals surface area (Å²) in [5, 5.41) is 13.6. The van der Waals surface area contributed by atoms with Crippen LogP contribution in [0.5, 0.6) is 5.75 Å². The molecule has 6 nitrogen and oxygen atoms in total. The van der Waals surface area contributed by atoms with Crippen molar-refractivity contribution in [1.29, 1.82) is 5.26 Å². The van der Waals surface area contributed by atoms with Gasteiger partial charge in [0.05, 0.1) is 17.6 Å². The fourth-order valence-electron chi connectivity index (χ4n) is 3.90. The highest BCUT2D eigenvalue weighted by molar-refractivity contribution is 5.85. The Morgan fingerprint density at radius 3 is 3.12 bits per heavy atom. The van der Waals surface area contributed by atoms with Crippen molar-refractivity contribution in [3.8, 4) is 11.8 Å². The Kier molecular flexibility index (Phi) is 4.72. The second-order valence-electron chi connectivity index (χ2n) is 6.95. The Bertz CT molecular complexity index is 842. The molecule has 2 fully saturated rings. The van der Waals surface area contributed by atoms with E-state index in [4.69, 9.17) is 4.74 Å². The summed E-state index contributed by atoms with van der Waals surface area (Å²) in [4.78, 5) is 18.8. The minimum Gasteiger partial charge on any atom is -0.491 e. The first-order valence-electron chi connectivity index (χ1n) is 9.19. The molecule has 0 saturated carbocycles. The van der Waals surface area contributed by atoms with E-state index in [9.17, 15) is 10.1 Å². The van der Waals surface area contributed by atoms with Gasteiger partial charge in [-0.15, -0.1) is 0 Å². The Hall–Kier alpha value is -2.65. The number of hydrogen-bond donors (Lipinski definition) is 1. The van der Waals surface area contributed by atoms with Crippen molar-refractivity contribution >= 4 is 16.8 Å². The number of carbonyl (C=O) groups excluding carboxylic acids is 1. The Morgan fingerprint density at radius 2 is 2.23 bits per heavy atom. The second-order valence-corrected chi connectivity index (χ2v) is 6.95. The number of nitrogens with one attached hydrogen (secondary N) is 1. The number of fused-ring (bicyclic) bond motifs is 1. The van der Waals surface area contributed by atoms with Crippen molar-refractivity contribution in [2.24, 2.45) is 0 Å². The molecule has 1 aromatic carbocycles. The molecule has 2 aromatic rings. The highest BCUT2D eigenvalue weighted by Crippen LogP contribution is 2.25. The average Bonchev–Trinajstić information content (AvgIpc) is 3.35. The molecule has 4 rings (SSSR count). The molecule has 0 spiro atoms. The largest absolute Gasteiger partial charge is 0.491 e. The fraction of sp³-hybridized carbons (Fsp3) is 0.450. The lowest BCUT2D eigenvalue weighted by molar-refractivity contribution is -0.133. The zero-order valence-electron chi connectivity index (χ0n) is 14.6. The van der Waals surface area contributed by atoms with E-state index in [0.717, 1.165) is 42.3 Å². The van der Waals surface area contributed by atoms with E-state index in [1.807, 2.05) is 30.3 Å². The van der Waals surface area contributed by atoms with Gasteiger partial charge in [-0.2, -0.15) is 5.26 Å². The maximum Gasteiger partial charge on any atom is 0.240 e. The van der Waals surface area contributed by atoms with Crippen LogP contribution in [0, 0.1) is 11.3 Å². The second kappa shape index (κ2) is 7.30. The molecule has 1 amide bonds. The van der Waals surface area contributed by atoms with E-state index in [0.29, 0.717) is 13.2 Å². The molecule has 134 valence electrons. The first-order chi connectivity index (χ1) is 12.8. The molecule has 2 aliphatic rings. The van der Waals surface area contributed by atoms with E-state index >= 15 is 0 Å². The molecular weight excluding hydrogens is 328 g/mol. The maximum atomic E-state index is 12.7. The van der Waals surface area contributed by atoms with Gasteiger partial charge in [0.2, 0.25) is 5.91 Å². The topological polar surface area (TPSA) is 78.2 Å². The molecular formula is C20H22N4O2. The van der Waals surface area contributed by atoms with Crippen molar-refractivity contribution in [2.75, 3.05) is 13.2 Å². The number of benzene rings is 1. The molecule has 2 aliphatic heterocycles. The number of nitriles is 1. The Labute approximate surface area is 152 Å². The van der Waals surface area contributed by atoms with Gasteiger partial charge in [0, 0.05) is 24.2 Å².